The van der Waals surface area contributed by atoms with Crippen LogP contribution in [0.1, 0.15) is 57.1 Å². The minimum absolute atomic E-state index is 0.253. The number of aryl methyl sites for hydroxylation is 1. The molecule has 1 aromatic carbocycles. The SMILES string of the molecule is C=C(Nc1ccc(C)c(-c2cc(OCC3(N)CCC3)nc(N(CCC)CCC)c2)c1)c1ccnc(F)c1. The Morgan fingerprint density at radius 2 is 1.89 bits per heavy atom. The third-order valence-corrected chi connectivity index (χ3v) is 6.88. The summed E-state index contributed by atoms with van der Waals surface area (Å²) in [5.74, 6) is 0.966. The van der Waals surface area contributed by atoms with E-state index < -0.39 is 5.95 Å². The number of rotatable bonds is 12. The van der Waals surface area contributed by atoms with Crippen LogP contribution in [0.5, 0.6) is 5.88 Å². The van der Waals surface area contributed by atoms with Gasteiger partial charge in [0.05, 0.1) is 5.54 Å². The fourth-order valence-corrected chi connectivity index (χ4v) is 4.60. The molecule has 3 aromatic rings. The number of hydrogen-bond acceptors (Lipinski definition) is 6. The minimum Gasteiger partial charge on any atom is -0.476 e. The Kier molecular flexibility index (Phi) is 8.44. The average molecular weight is 504 g/mol. The molecule has 0 radical (unpaired) electrons. The molecule has 1 aliphatic carbocycles. The molecule has 2 heterocycles. The van der Waals surface area contributed by atoms with Crippen LogP contribution in [0.2, 0.25) is 0 Å². The average Bonchev–Trinajstić information content (AvgIpc) is 2.87. The number of hydrogen-bond donors (Lipinski definition) is 2. The van der Waals surface area contributed by atoms with Crippen molar-refractivity contribution in [1.82, 2.24) is 9.97 Å². The summed E-state index contributed by atoms with van der Waals surface area (Å²) in [5.41, 5.74) is 11.5. The van der Waals surface area contributed by atoms with Crippen molar-refractivity contribution in [1.29, 1.82) is 0 Å². The van der Waals surface area contributed by atoms with Crippen molar-refractivity contribution < 1.29 is 9.13 Å². The molecule has 0 saturated heterocycles. The highest BCUT2D eigenvalue weighted by Gasteiger charge is 2.33. The molecule has 0 aliphatic heterocycles. The quantitative estimate of drug-likeness (QED) is 0.273. The van der Waals surface area contributed by atoms with Gasteiger partial charge in [0.25, 0.3) is 0 Å². The van der Waals surface area contributed by atoms with Gasteiger partial charge in [-0.15, -0.1) is 0 Å². The molecular formula is C30H38FN5O. The van der Waals surface area contributed by atoms with Crippen LogP contribution in [0, 0.1) is 12.9 Å². The number of nitrogens with zero attached hydrogens (tertiary/aromatic N) is 3. The van der Waals surface area contributed by atoms with E-state index in [1.54, 1.807) is 6.07 Å². The molecule has 3 N–H and O–H groups in total. The third kappa shape index (κ3) is 6.66. The molecule has 0 unspecified atom stereocenters. The highest BCUT2D eigenvalue weighted by molar-refractivity contribution is 5.80. The Morgan fingerprint density at radius 3 is 2.54 bits per heavy atom. The Balaban J connectivity index is 1.67. The topological polar surface area (TPSA) is 76.3 Å². The summed E-state index contributed by atoms with van der Waals surface area (Å²) in [4.78, 5) is 10.8. The molecule has 7 heteroatoms. The summed E-state index contributed by atoms with van der Waals surface area (Å²) in [7, 11) is 0. The Hall–Kier alpha value is -3.45. The van der Waals surface area contributed by atoms with Crippen molar-refractivity contribution in [2.24, 2.45) is 5.73 Å². The lowest BCUT2D eigenvalue weighted by Gasteiger charge is -2.37. The number of nitrogens with two attached hydrogens (primary N) is 1. The highest BCUT2D eigenvalue weighted by Crippen LogP contribution is 2.34. The molecular weight excluding hydrogens is 465 g/mol. The van der Waals surface area contributed by atoms with Crippen molar-refractivity contribution in [2.45, 2.75) is 58.4 Å². The molecule has 6 nitrogen and oxygen atoms in total. The van der Waals surface area contributed by atoms with Crippen LogP contribution in [0.4, 0.5) is 15.9 Å². The summed E-state index contributed by atoms with van der Waals surface area (Å²) >= 11 is 0. The number of nitrogens with one attached hydrogen (secondary N) is 1. The molecule has 1 saturated carbocycles. The van der Waals surface area contributed by atoms with E-state index >= 15 is 0 Å². The zero-order valence-corrected chi connectivity index (χ0v) is 22.2. The summed E-state index contributed by atoms with van der Waals surface area (Å²) in [6.07, 6.45) is 6.61. The van der Waals surface area contributed by atoms with Crippen LogP contribution in [0.3, 0.4) is 0 Å². The largest absolute Gasteiger partial charge is 0.476 e. The lowest BCUT2D eigenvalue weighted by Crippen LogP contribution is -2.51. The van der Waals surface area contributed by atoms with Gasteiger partial charge in [0, 0.05) is 48.4 Å². The second-order valence-corrected chi connectivity index (χ2v) is 10.0. The van der Waals surface area contributed by atoms with Gasteiger partial charge >= 0.3 is 0 Å². The fraction of sp³-hybridized carbons (Fsp3) is 0.400. The summed E-state index contributed by atoms with van der Waals surface area (Å²) in [6, 6.07) is 13.4. The van der Waals surface area contributed by atoms with Crippen LogP contribution in [0.25, 0.3) is 16.8 Å². The van der Waals surface area contributed by atoms with Crippen molar-refractivity contribution >= 4 is 17.2 Å². The number of halogens is 1. The smallest absolute Gasteiger partial charge is 0.215 e. The first-order valence-corrected chi connectivity index (χ1v) is 13.2. The Labute approximate surface area is 219 Å². The Morgan fingerprint density at radius 1 is 1.14 bits per heavy atom. The monoisotopic (exact) mass is 503 g/mol. The van der Waals surface area contributed by atoms with Crippen LogP contribution in [-0.2, 0) is 0 Å². The number of aromatic nitrogens is 2. The van der Waals surface area contributed by atoms with Crippen LogP contribution in [0.15, 0.2) is 55.2 Å². The first kappa shape index (κ1) is 26.6. The second kappa shape index (κ2) is 11.7. The molecule has 37 heavy (non-hydrogen) atoms. The third-order valence-electron chi connectivity index (χ3n) is 6.88. The molecule has 0 atom stereocenters. The zero-order valence-electron chi connectivity index (χ0n) is 22.2. The first-order chi connectivity index (χ1) is 17.8. The van der Waals surface area contributed by atoms with E-state index in [4.69, 9.17) is 15.5 Å². The number of ether oxygens (including phenoxy) is 1. The molecule has 2 aromatic heterocycles. The fourth-order valence-electron chi connectivity index (χ4n) is 4.60. The summed E-state index contributed by atoms with van der Waals surface area (Å²) < 4.78 is 19.8. The van der Waals surface area contributed by atoms with Gasteiger partial charge in [-0.1, -0.05) is 26.5 Å². The molecule has 0 amide bonds. The molecule has 196 valence electrons. The predicted molar refractivity (Wildman–Crippen MR) is 150 cm³/mol. The number of pyridine rings is 2. The maximum atomic E-state index is 13.6. The van der Waals surface area contributed by atoms with Gasteiger partial charge in [-0.3, -0.25) is 0 Å². The van der Waals surface area contributed by atoms with E-state index in [9.17, 15) is 4.39 Å². The summed E-state index contributed by atoms with van der Waals surface area (Å²) in [6.45, 7) is 12.8. The standard InChI is InChI=1S/C30H38FN5O/c1-5-14-36(15-6-2)28-17-24(18-29(35-28)37-20-30(32)11-7-12-30)26-19-25(9-8-21(26)3)34-22(4)23-10-13-33-27(31)16-23/h8-10,13,16-19,34H,4-7,11-12,14-15,20,32H2,1-3H3. The van der Waals surface area contributed by atoms with Gasteiger partial charge in [-0.25, -0.2) is 4.98 Å². The van der Waals surface area contributed by atoms with Gasteiger partial charge in [0.15, 0.2) is 0 Å². The number of benzene rings is 1. The van der Waals surface area contributed by atoms with E-state index in [-0.39, 0.29) is 5.54 Å². The maximum Gasteiger partial charge on any atom is 0.215 e. The van der Waals surface area contributed by atoms with E-state index in [2.05, 4.69) is 60.7 Å². The van der Waals surface area contributed by atoms with Gasteiger partial charge in [0.1, 0.15) is 12.4 Å². The predicted octanol–water partition coefficient (Wildman–Crippen LogP) is 6.56. The van der Waals surface area contributed by atoms with Gasteiger partial charge in [-0.05, 0) is 80.0 Å². The molecule has 0 bridgehead atoms. The van der Waals surface area contributed by atoms with E-state index in [0.29, 0.717) is 23.7 Å². The van der Waals surface area contributed by atoms with Crippen molar-refractivity contribution in [3.8, 4) is 17.0 Å². The van der Waals surface area contributed by atoms with Crippen molar-refractivity contribution in [3.05, 3.63) is 72.3 Å². The zero-order chi connectivity index (χ0) is 26.4. The highest BCUT2D eigenvalue weighted by atomic mass is 19.1. The van der Waals surface area contributed by atoms with Gasteiger partial charge in [0.2, 0.25) is 11.8 Å². The Bertz CT molecular complexity index is 1230. The normalized spacial score (nSPS) is 14.1. The van der Waals surface area contributed by atoms with E-state index in [1.165, 1.54) is 12.3 Å². The van der Waals surface area contributed by atoms with E-state index in [1.807, 2.05) is 12.1 Å². The van der Waals surface area contributed by atoms with E-state index in [0.717, 1.165) is 73.4 Å². The van der Waals surface area contributed by atoms with Gasteiger partial charge < -0.3 is 20.7 Å². The number of anilines is 2. The molecule has 1 fully saturated rings. The second-order valence-electron chi connectivity index (χ2n) is 10.0. The van der Waals surface area contributed by atoms with Crippen molar-refractivity contribution in [2.75, 3.05) is 29.9 Å². The van der Waals surface area contributed by atoms with Crippen LogP contribution in [-0.4, -0.2) is 35.2 Å². The first-order valence-electron chi connectivity index (χ1n) is 13.2. The van der Waals surface area contributed by atoms with Crippen LogP contribution < -0.4 is 20.7 Å². The molecule has 1 aliphatic rings. The maximum absolute atomic E-state index is 13.6. The molecule has 0 spiro atoms. The minimum atomic E-state index is -0.535. The lowest BCUT2D eigenvalue weighted by molar-refractivity contribution is 0.138. The molecule has 4 rings (SSSR count). The summed E-state index contributed by atoms with van der Waals surface area (Å²) in [5, 5.41) is 3.31. The lowest BCUT2D eigenvalue weighted by atomic mass is 9.78. The van der Waals surface area contributed by atoms with Gasteiger partial charge in [-0.2, -0.15) is 9.37 Å². The van der Waals surface area contributed by atoms with Crippen LogP contribution >= 0.6 is 0 Å². The van der Waals surface area contributed by atoms with Crippen molar-refractivity contribution in [3.63, 3.8) is 0 Å².